The summed E-state index contributed by atoms with van der Waals surface area (Å²) < 4.78 is 5.19. The van der Waals surface area contributed by atoms with Crippen LogP contribution in [-0.2, 0) is 11.3 Å². The number of amides is 1. The summed E-state index contributed by atoms with van der Waals surface area (Å²) in [5.41, 5.74) is 4.74. The van der Waals surface area contributed by atoms with Crippen LogP contribution >= 0.6 is 0 Å². The van der Waals surface area contributed by atoms with Crippen LogP contribution in [0.15, 0.2) is 16.5 Å². The fraction of sp³-hybridized carbons (Fsp3) is 0.455. The number of hydrogen-bond acceptors (Lipinski definition) is 4. The Morgan fingerprint density at radius 3 is 2.81 bits per heavy atom. The van der Waals surface area contributed by atoms with Crippen LogP contribution < -0.4 is 11.1 Å². The van der Waals surface area contributed by atoms with E-state index in [1.165, 1.54) is 0 Å². The average Bonchev–Trinajstić information content (AvgIpc) is 2.60. The van der Waals surface area contributed by atoms with Crippen LogP contribution in [0.3, 0.4) is 0 Å². The van der Waals surface area contributed by atoms with Gasteiger partial charge in [0.2, 0.25) is 11.7 Å². The van der Waals surface area contributed by atoms with E-state index >= 15 is 0 Å². The van der Waals surface area contributed by atoms with E-state index in [2.05, 4.69) is 5.32 Å². The molecule has 0 aliphatic rings. The molecule has 3 N–H and O–H groups in total. The van der Waals surface area contributed by atoms with Gasteiger partial charge in [0.05, 0.1) is 6.54 Å². The Morgan fingerprint density at radius 1 is 1.62 bits per heavy atom. The summed E-state index contributed by atoms with van der Waals surface area (Å²) in [5.74, 6) is 0.591. The summed E-state index contributed by atoms with van der Waals surface area (Å²) in [6, 6.07) is 5.25. The van der Waals surface area contributed by atoms with Crippen molar-refractivity contribution in [3.8, 4) is 6.07 Å². The van der Waals surface area contributed by atoms with Crippen LogP contribution in [0.2, 0.25) is 0 Å². The first kappa shape index (κ1) is 12.3. The summed E-state index contributed by atoms with van der Waals surface area (Å²) in [5, 5.41) is 11.7. The van der Waals surface area contributed by atoms with Crippen molar-refractivity contribution in [2.75, 3.05) is 0 Å². The average molecular weight is 221 g/mol. The van der Waals surface area contributed by atoms with Crippen molar-refractivity contribution in [2.24, 2.45) is 5.73 Å². The number of hydrogen-bond donors (Lipinski definition) is 2. The molecule has 86 valence electrons. The quantitative estimate of drug-likeness (QED) is 0.772. The minimum atomic E-state index is -0.384. The maximum atomic E-state index is 10.8. The Labute approximate surface area is 94.2 Å². The molecule has 1 amide bonds. The van der Waals surface area contributed by atoms with Crippen molar-refractivity contribution in [3.63, 3.8) is 0 Å². The molecule has 0 atom stereocenters. The van der Waals surface area contributed by atoms with Gasteiger partial charge in [-0.25, -0.2) is 0 Å². The van der Waals surface area contributed by atoms with Gasteiger partial charge in [-0.3, -0.25) is 4.79 Å². The number of carbonyl (C=O) groups is 1. The molecular weight excluding hydrogens is 206 g/mol. The van der Waals surface area contributed by atoms with Gasteiger partial charge in [-0.15, -0.1) is 0 Å². The molecule has 1 heterocycles. The van der Waals surface area contributed by atoms with E-state index in [4.69, 9.17) is 15.4 Å². The van der Waals surface area contributed by atoms with Gasteiger partial charge in [-0.2, -0.15) is 5.26 Å². The Morgan fingerprint density at radius 2 is 2.31 bits per heavy atom. The molecule has 0 aliphatic heterocycles. The topological polar surface area (TPSA) is 92.0 Å². The van der Waals surface area contributed by atoms with Crippen molar-refractivity contribution < 1.29 is 9.21 Å². The maximum absolute atomic E-state index is 10.8. The Bertz CT molecular complexity index is 415. The van der Waals surface area contributed by atoms with E-state index in [1.54, 1.807) is 12.1 Å². The predicted octanol–water partition coefficient (Wildman–Crippen LogP) is 0.895. The van der Waals surface area contributed by atoms with E-state index in [0.717, 1.165) is 0 Å². The number of furan rings is 1. The van der Waals surface area contributed by atoms with Gasteiger partial charge < -0.3 is 15.5 Å². The van der Waals surface area contributed by atoms with E-state index < -0.39 is 0 Å². The lowest BCUT2D eigenvalue weighted by Gasteiger charge is -2.24. The Balaban J connectivity index is 2.51. The highest BCUT2D eigenvalue weighted by molar-refractivity contribution is 5.74. The van der Waals surface area contributed by atoms with E-state index in [1.807, 2.05) is 19.9 Å². The fourth-order valence-corrected chi connectivity index (χ4v) is 1.36. The molecule has 16 heavy (non-hydrogen) atoms. The van der Waals surface area contributed by atoms with Gasteiger partial charge in [-0.1, -0.05) is 0 Å². The Hall–Kier alpha value is -1.80. The van der Waals surface area contributed by atoms with Crippen LogP contribution in [0, 0.1) is 11.3 Å². The lowest BCUT2D eigenvalue weighted by atomic mass is 10.0. The van der Waals surface area contributed by atoms with Crippen molar-refractivity contribution >= 4 is 5.91 Å². The molecule has 0 fully saturated rings. The minimum absolute atomic E-state index is 0.249. The van der Waals surface area contributed by atoms with E-state index in [-0.39, 0.29) is 23.6 Å². The largest absolute Gasteiger partial charge is 0.449 e. The second kappa shape index (κ2) is 4.81. The van der Waals surface area contributed by atoms with Crippen molar-refractivity contribution in [1.82, 2.24) is 5.32 Å². The summed E-state index contributed by atoms with van der Waals surface area (Å²) in [6.07, 6.45) is 0.249. The highest BCUT2D eigenvalue weighted by Crippen LogP contribution is 2.11. The molecule has 0 unspecified atom stereocenters. The third-order valence-electron chi connectivity index (χ3n) is 2.13. The Kier molecular flexibility index (Phi) is 3.69. The molecule has 0 aromatic carbocycles. The first-order chi connectivity index (χ1) is 7.43. The molecule has 5 heteroatoms. The molecule has 0 saturated carbocycles. The summed E-state index contributed by atoms with van der Waals surface area (Å²) in [6.45, 7) is 4.22. The van der Waals surface area contributed by atoms with Crippen LogP contribution in [0.4, 0.5) is 0 Å². The molecule has 1 rings (SSSR count). The van der Waals surface area contributed by atoms with E-state index in [9.17, 15) is 4.79 Å². The van der Waals surface area contributed by atoms with Crippen LogP contribution in [0.1, 0.15) is 31.8 Å². The van der Waals surface area contributed by atoms with Crippen molar-refractivity contribution in [2.45, 2.75) is 32.4 Å². The third kappa shape index (κ3) is 3.75. The number of nitrogens with zero attached hydrogens (tertiary/aromatic N) is 1. The molecule has 5 nitrogen and oxygen atoms in total. The molecule has 1 aromatic heterocycles. The zero-order valence-corrected chi connectivity index (χ0v) is 9.41. The summed E-state index contributed by atoms with van der Waals surface area (Å²) in [4.78, 5) is 10.8. The lowest BCUT2D eigenvalue weighted by molar-refractivity contribution is -0.119. The van der Waals surface area contributed by atoms with Crippen LogP contribution in [0.5, 0.6) is 0 Å². The van der Waals surface area contributed by atoms with Gasteiger partial charge in [-0.05, 0) is 26.0 Å². The fourth-order valence-electron chi connectivity index (χ4n) is 1.36. The summed E-state index contributed by atoms with van der Waals surface area (Å²) in [7, 11) is 0. The van der Waals surface area contributed by atoms with Gasteiger partial charge in [0.25, 0.3) is 0 Å². The maximum Gasteiger partial charge on any atom is 0.219 e. The van der Waals surface area contributed by atoms with Crippen molar-refractivity contribution in [1.29, 1.82) is 5.26 Å². The van der Waals surface area contributed by atoms with E-state index in [0.29, 0.717) is 12.3 Å². The molecule has 0 bridgehead atoms. The predicted molar refractivity (Wildman–Crippen MR) is 58.2 cm³/mol. The van der Waals surface area contributed by atoms with Crippen LogP contribution in [0.25, 0.3) is 0 Å². The molecule has 0 radical (unpaired) electrons. The zero-order valence-electron chi connectivity index (χ0n) is 9.41. The monoisotopic (exact) mass is 221 g/mol. The SMILES string of the molecule is CC(C)(CC(N)=O)NCc1ccc(C#N)o1. The highest BCUT2D eigenvalue weighted by atomic mass is 16.3. The molecule has 0 saturated heterocycles. The number of carbonyl (C=O) groups excluding carboxylic acids is 1. The van der Waals surface area contributed by atoms with Gasteiger partial charge >= 0.3 is 0 Å². The minimum Gasteiger partial charge on any atom is -0.449 e. The molecule has 0 aliphatic carbocycles. The second-order valence-electron chi connectivity index (χ2n) is 4.26. The number of rotatable bonds is 5. The normalized spacial score (nSPS) is 11.1. The standard InChI is InChI=1S/C11H15N3O2/c1-11(2,5-10(13)15)14-7-9-4-3-8(6-12)16-9/h3-4,14H,5,7H2,1-2H3,(H2,13,15). The number of nitrogens with two attached hydrogens (primary N) is 1. The van der Waals surface area contributed by atoms with Gasteiger partial charge in [0.1, 0.15) is 11.8 Å². The number of nitrogens with one attached hydrogen (secondary N) is 1. The van der Waals surface area contributed by atoms with Gasteiger partial charge in [0, 0.05) is 12.0 Å². The summed E-state index contributed by atoms with van der Waals surface area (Å²) >= 11 is 0. The third-order valence-corrected chi connectivity index (χ3v) is 2.13. The lowest BCUT2D eigenvalue weighted by Crippen LogP contribution is -2.42. The second-order valence-corrected chi connectivity index (χ2v) is 4.26. The first-order valence-corrected chi connectivity index (χ1v) is 4.95. The molecule has 1 aromatic rings. The van der Waals surface area contributed by atoms with Gasteiger partial charge in [0.15, 0.2) is 0 Å². The first-order valence-electron chi connectivity index (χ1n) is 4.95. The number of primary amides is 1. The molecule has 0 spiro atoms. The molecular formula is C11H15N3O2. The highest BCUT2D eigenvalue weighted by Gasteiger charge is 2.20. The number of nitriles is 1. The van der Waals surface area contributed by atoms with Crippen LogP contribution in [-0.4, -0.2) is 11.4 Å². The van der Waals surface area contributed by atoms with Crippen molar-refractivity contribution in [3.05, 3.63) is 23.7 Å². The smallest absolute Gasteiger partial charge is 0.219 e. The zero-order chi connectivity index (χ0) is 12.2.